The Balaban J connectivity index is 2.40. The van der Waals surface area contributed by atoms with E-state index < -0.39 is 35.6 Å². The molecule has 2 aromatic rings. The maximum absolute atomic E-state index is 12.9. The summed E-state index contributed by atoms with van der Waals surface area (Å²) in [5, 5.41) is 0. The molecule has 0 saturated heterocycles. The molecule has 1 heterocycles. The third-order valence-corrected chi connectivity index (χ3v) is 2.93. The number of hydrogen-bond donors (Lipinski definition) is 0. The number of ether oxygens (including phenoxy) is 1. The SMILES string of the molecule is Cc1ncc(OCc2c(C(F)(F)F)cccc2C(F)(F)F)cn1. The highest BCUT2D eigenvalue weighted by Crippen LogP contribution is 2.39. The number of benzene rings is 1. The quantitative estimate of drug-likeness (QED) is 0.779. The van der Waals surface area contributed by atoms with Gasteiger partial charge in [0.25, 0.3) is 0 Å². The second-order valence-electron chi connectivity index (χ2n) is 4.58. The molecule has 0 fully saturated rings. The summed E-state index contributed by atoms with van der Waals surface area (Å²) in [7, 11) is 0. The molecule has 0 aliphatic heterocycles. The molecule has 0 aliphatic carbocycles. The minimum Gasteiger partial charge on any atom is -0.486 e. The third kappa shape index (κ3) is 4.11. The van der Waals surface area contributed by atoms with Crippen LogP contribution >= 0.6 is 0 Å². The standard InChI is InChI=1S/C14H10F6N2O/c1-8-21-5-9(6-22-8)23-7-10-11(13(15,16)17)3-2-4-12(10)14(18,19)20/h2-6H,7H2,1H3. The van der Waals surface area contributed by atoms with Crippen molar-refractivity contribution in [3.63, 3.8) is 0 Å². The van der Waals surface area contributed by atoms with Gasteiger partial charge >= 0.3 is 12.4 Å². The van der Waals surface area contributed by atoms with E-state index in [4.69, 9.17) is 4.74 Å². The Hall–Kier alpha value is -2.32. The van der Waals surface area contributed by atoms with E-state index in [0.29, 0.717) is 24.0 Å². The van der Waals surface area contributed by atoms with Crippen LogP contribution in [-0.2, 0) is 19.0 Å². The van der Waals surface area contributed by atoms with Gasteiger partial charge in [0.2, 0.25) is 0 Å². The Kier molecular flexibility index (Phi) is 4.49. The van der Waals surface area contributed by atoms with Gasteiger partial charge in [0.1, 0.15) is 12.4 Å². The molecule has 0 bridgehead atoms. The largest absolute Gasteiger partial charge is 0.486 e. The van der Waals surface area contributed by atoms with Gasteiger partial charge in [0.15, 0.2) is 5.75 Å². The fourth-order valence-corrected chi connectivity index (χ4v) is 1.88. The Morgan fingerprint density at radius 3 is 1.83 bits per heavy atom. The van der Waals surface area contributed by atoms with Crippen molar-refractivity contribution in [1.82, 2.24) is 9.97 Å². The predicted octanol–water partition coefficient (Wildman–Crippen LogP) is 4.40. The van der Waals surface area contributed by atoms with E-state index in [1.54, 1.807) is 6.92 Å². The van der Waals surface area contributed by atoms with Crippen LogP contribution in [0.5, 0.6) is 5.75 Å². The molecule has 3 nitrogen and oxygen atoms in total. The van der Waals surface area contributed by atoms with Crippen LogP contribution in [0.25, 0.3) is 0 Å². The highest BCUT2D eigenvalue weighted by Gasteiger charge is 2.40. The smallest absolute Gasteiger partial charge is 0.416 e. The lowest BCUT2D eigenvalue weighted by Crippen LogP contribution is -2.18. The monoisotopic (exact) mass is 336 g/mol. The van der Waals surface area contributed by atoms with Gasteiger partial charge in [-0.25, -0.2) is 9.97 Å². The summed E-state index contributed by atoms with van der Waals surface area (Å²) in [5.41, 5.74) is -3.76. The molecule has 0 unspecified atom stereocenters. The predicted molar refractivity (Wildman–Crippen MR) is 67.5 cm³/mol. The van der Waals surface area contributed by atoms with Gasteiger partial charge in [-0.3, -0.25) is 0 Å². The molecule has 0 atom stereocenters. The first-order valence-corrected chi connectivity index (χ1v) is 6.27. The molecule has 0 aliphatic rings. The normalized spacial score (nSPS) is 12.3. The lowest BCUT2D eigenvalue weighted by atomic mass is 10.0. The second-order valence-corrected chi connectivity index (χ2v) is 4.58. The molecular formula is C14H10F6N2O. The summed E-state index contributed by atoms with van der Waals surface area (Å²) in [6, 6.07) is 1.88. The van der Waals surface area contributed by atoms with Crippen LogP contribution in [0.15, 0.2) is 30.6 Å². The van der Waals surface area contributed by atoms with Crippen LogP contribution in [0, 0.1) is 6.92 Å². The molecule has 0 N–H and O–H groups in total. The third-order valence-electron chi connectivity index (χ3n) is 2.93. The van der Waals surface area contributed by atoms with E-state index >= 15 is 0 Å². The molecule has 23 heavy (non-hydrogen) atoms. The van der Waals surface area contributed by atoms with Crippen molar-refractivity contribution < 1.29 is 31.1 Å². The van der Waals surface area contributed by atoms with E-state index in [-0.39, 0.29) is 5.75 Å². The zero-order chi connectivity index (χ0) is 17.3. The number of halogens is 6. The highest BCUT2D eigenvalue weighted by molar-refractivity contribution is 5.39. The van der Waals surface area contributed by atoms with Crippen LogP contribution in [0.2, 0.25) is 0 Å². The lowest BCUT2D eigenvalue weighted by Gasteiger charge is -2.18. The van der Waals surface area contributed by atoms with E-state index in [1.807, 2.05) is 0 Å². The summed E-state index contributed by atoms with van der Waals surface area (Å²) < 4.78 is 82.7. The van der Waals surface area contributed by atoms with Crippen LogP contribution in [0.1, 0.15) is 22.5 Å². The van der Waals surface area contributed by atoms with Gasteiger partial charge in [-0.2, -0.15) is 26.3 Å². The highest BCUT2D eigenvalue weighted by atomic mass is 19.4. The molecular weight excluding hydrogens is 326 g/mol. The molecule has 2 rings (SSSR count). The summed E-state index contributed by atoms with van der Waals surface area (Å²) >= 11 is 0. The summed E-state index contributed by atoms with van der Waals surface area (Å²) in [6.07, 6.45) is -7.51. The zero-order valence-electron chi connectivity index (χ0n) is 11.7. The molecule has 0 saturated carbocycles. The Morgan fingerprint density at radius 1 is 0.913 bits per heavy atom. The van der Waals surface area contributed by atoms with Gasteiger partial charge < -0.3 is 4.74 Å². The summed E-state index contributed by atoms with van der Waals surface area (Å²) in [6.45, 7) is 0.668. The Morgan fingerprint density at radius 2 is 1.39 bits per heavy atom. The molecule has 0 spiro atoms. The van der Waals surface area contributed by atoms with Gasteiger partial charge in [0.05, 0.1) is 23.5 Å². The van der Waals surface area contributed by atoms with Crippen LogP contribution in [0.3, 0.4) is 0 Å². The number of rotatable bonds is 3. The maximum Gasteiger partial charge on any atom is 0.416 e. The van der Waals surface area contributed by atoms with Crippen molar-refractivity contribution in [3.05, 3.63) is 53.1 Å². The van der Waals surface area contributed by atoms with E-state index in [0.717, 1.165) is 0 Å². The van der Waals surface area contributed by atoms with Gasteiger partial charge in [0, 0.05) is 5.56 Å². The second kappa shape index (κ2) is 6.05. The fraction of sp³-hybridized carbons (Fsp3) is 0.286. The number of aromatic nitrogens is 2. The average Bonchev–Trinajstić information content (AvgIpc) is 2.44. The van der Waals surface area contributed by atoms with Crippen molar-refractivity contribution in [3.8, 4) is 5.75 Å². The molecule has 1 aromatic carbocycles. The lowest BCUT2D eigenvalue weighted by molar-refractivity contribution is -0.145. The molecule has 1 aromatic heterocycles. The number of nitrogens with zero attached hydrogens (tertiary/aromatic N) is 2. The van der Waals surface area contributed by atoms with Crippen LogP contribution < -0.4 is 4.74 Å². The zero-order valence-corrected chi connectivity index (χ0v) is 11.7. The average molecular weight is 336 g/mol. The first-order valence-electron chi connectivity index (χ1n) is 6.27. The minimum absolute atomic E-state index is 0.0271. The van der Waals surface area contributed by atoms with Crippen molar-refractivity contribution >= 4 is 0 Å². The molecule has 0 amide bonds. The van der Waals surface area contributed by atoms with Gasteiger partial charge in [-0.15, -0.1) is 0 Å². The summed E-state index contributed by atoms with van der Waals surface area (Å²) in [5.74, 6) is 0.365. The number of alkyl halides is 6. The van der Waals surface area contributed by atoms with E-state index in [9.17, 15) is 26.3 Å². The van der Waals surface area contributed by atoms with E-state index in [2.05, 4.69) is 9.97 Å². The molecule has 0 radical (unpaired) electrons. The summed E-state index contributed by atoms with van der Waals surface area (Å²) in [4.78, 5) is 7.51. The Bertz CT molecular complexity index is 647. The first-order chi connectivity index (χ1) is 10.6. The van der Waals surface area contributed by atoms with Gasteiger partial charge in [-0.05, 0) is 19.1 Å². The van der Waals surface area contributed by atoms with Crippen molar-refractivity contribution in [2.24, 2.45) is 0 Å². The maximum atomic E-state index is 12.9. The minimum atomic E-state index is -4.93. The number of hydrogen-bond acceptors (Lipinski definition) is 3. The van der Waals surface area contributed by atoms with Gasteiger partial charge in [-0.1, -0.05) is 6.07 Å². The topological polar surface area (TPSA) is 35.0 Å². The first kappa shape index (κ1) is 17.0. The molecule has 9 heteroatoms. The molecule has 124 valence electrons. The van der Waals surface area contributed by atoms with Crippen LogP contribution in [-0.4, -0.2) is 9.97 Å². The van der Waals surface area contributed by atoms with Crippen LogP contribution in [0.4, 0.5) is 26.3 Å². The number of aryl methyl sites for hydroxylation is 1. The van der Waals surface area contributed by atoms with Crippen molar-refractivity contribution in [2.45, 2.75) is 25.9 Å². The van der Waals surface area contributed by atoms with Crippen molar-refractivity contribution in [1.29, 1.82) is 0 Å². The van der Waals surface area contributed by atoms with Crippen molar-refractivity contribution in [2.75, 3.05) is 0 Å². The Labute approximate surface area is 126 Å². The van der Waals surface area contributed by atoms with E-state index in [1.165, 1.54) is 12.4 Å². The fourth-order valence-electron chi connectivity index (χ4n) is 1.88.